The highest BCUT2D eigenvalue weighted by molar-refractivity contribution is 6.04. The normalized spacial score (nSPS) is 18.0. The Morgan fingerprint density at radius 1 is 1.24 bits per heavy atom. The van der Waals surface area contributed by atoms with Crippen molar-refractivity contribution in [2.45, 2.75) is 44.8 Å². The summed E-state index contributed by atoms with van der Waals surface area (Å²) < 4.78 is 7.38. The molecule has 0 bridgehead atoms. The molecule has 2 N–H and O–H groups in total. The molecule has 0 radical (unpaired) electrons. The molecule has 150 valence electrons. The smallest absolute Gasteiger partial charge is 0.291 e. The van der Waals surface area contributed by atoms with Gasteiger partial charge in [0.15, 0.2) is 5.82 Å². The first kappa shape index (κ1) is 19.2. The van der Waals surface area contributed by atoms with E-state index in [2.05, 4.69) is 21.7 Å². The number of ether oxygens (including phenoxy) is 1. The summed E-state index contributed by atoms with van der Waals surface area (Å²) in [6, 6.07) is 8.87. The largest absolute Gasteiger partial charge is 0.376 e. The van der Waals surface area contributed by atoms with Gasteiger partial charge in [0.2, 0.25) is 0 Å². The number of fused-ring (bicyclic) bond motifs is 1. The van der Waals surface area contributed by atoms with Crippen LogP contribution < -0.4 is 10.6 Å². The fourth-order valence-electron chi connectivity index (χ4n) is 3.86. The third-order valence-electron chi connectivity index (χ3n) is 5.35. The van der Waals surface area contributed by atoms with E-state index in [0.717, 1.165) is 38.0 Å². The second kappa shape index (κ2) is 8.45. The van der Waals surface area contributed by atoms with E-state index in [1.165, 1.54) is 0 Å². The number of aromatic nitrogens is 2. The third-order valence-corrected chi connectivity index (χ3v) is 5.35. The summed E-state index contributed by atoms with van der Waals surface area (Å²) in [6.07, 6.45) is 4.58. The summed E-state index contributed by atoms with van der Waals surface area (Å²) in [5.41, 5.74) is 1.90. The first-order valence-corrected chi connectivity index (χ1v) is 9.97. The molecule has 8 nitrogen and oxygen atoms in total. The summed E-state index contributed by atoms with van der Waals surface area (Å²) in [7, 11) is 0. The second-order valence-electron chi connectivity index (χ2n) is 7.30. The minimum Gasteiger partial charge on any atom is -0.376 e. The Kier molecular flexibility index (Phi) is 5.58. The quantitative estimate of drug-likeness (QED) is 0.810. The number of carbonyl (C=O) groups is 2. The number of amides is 2. The number of nitrogens with zero attached hydrogens (tertiary/aromatic N) is 3. The molecule has 0 aliphatic carbocycles. The van der Waals surface area contributed by atoms with Gasteiger partial charge in [-0.3, -0.25) is 9.59 Å². The Bertz CT molecular complexity index is 969. The maximum absolute atomic E-state index is 12.9. The Labute approximate surface area is 168 Å². The molecule has 1 atom stereocenters. The van der Waals surface area contributed by atoms with Crippen LogP contribution >= 0.6 is 0 Å². The van der Waals surface area contributed by atoms with Crippen LogP contribution in [0.3, 0.4) is 0 Å². The lowest BCUT2D eigenvalue weighted by atomic mass is 10.1. The van der Waals surface area contributed by atoms with Crippen molar-refractivity contribution in [3.63, 3.8) is 0 Å². The highest BCUT2D eigenvalue weighted by Crippen LogP contribution is 2.23. The molecule has 3 heterocycles. The number of benzene rings is 1. The predicted molar refractivity (Wildman–Crippen MR) is 106 cm³/mol. The van der Waals surface area contributed by atoms with E-state index in [1.54, 1.807) is 24.3 Å². The van der Waals surface area contributed by atoms with Crippen LogP contribution in [0.4, 0.5) is 5.69 Å². The predicted octanol–water partition coefficient (Wildman–Crippen LogP) is 2.25. The van der Waals surface area contributed by atoms with Gasteiger partial charge in [0.05, 0.1) is 23.0 Å². The zero-order valence-corrected chi connectivity index (χ0v) is 16.1. The lowest BCUT2D eigenvalue weighted by Gasteiger charge is -2.17. The molecule has 1 unspecified atom stereocenters. The van der Waals surface area contributed by atoms with E-state index in [1.807, 2.05) is 4.57 Å². The summed E-state index contributed by atoms with van der Waals surface area (Å²) in [6.45, 7) is 1.82. The number of para-hydroxylation sites is 1. The van der Waals surface area contributed by atoms with E-state index >= 15 is 0 Å². The van der Waals surface area contributed by atoms with Crippen LogP contribution in [0.25, 0.3) is 0 Å². The Balaban J connectivity index is 1.56. The average Bonchev–Trinajstić information content (AvgIpc) is 3.40. The highest BCUT2D eigenvalue weighted by atomic mass is 16.5. The van der Waals surface area contributed by atoms with Gasteiger partial charge in [-0.2, -0.15) is 5.26 Å². The molecule has 2 aliphatic heterocycles. The molecule has 1 aromatic heterocycles. The molecule has 2 aliphatic rings. The zero-order chi connectivity index (χ0) is 20.2. The second-order valence-corrected chi connectivity index (χ2v) is 7.30. The molecule has 2 aromatic rings. The van der Waals surface area contributed by atoms with E-state index in [-0.39, 0.29) is 17.8 Å². The molecular weight excluding hydrogens is 370 g/mol. The summed E-state index contributed by atoms with van der Waals surface area (Å²) >= 11 is 0. The van der Waals surface area contributed by atoms with Crippen LogP contribution in [0.2, 0.25) is 0 Å². The Hall–Kier alpha value is -3.18. The van der Waals surface area contributed by atoms with Crippen molar-refractivity contribution >= 4 is 17.5 Å². The maximum Gasteiger partial charge on any atom is 0.291 e. The Morgan fingerprint density at radius 2 is 2.10 bits per heavy atom. The van der Waals surface area contributed by atoms with Gasteiger partial charge in [-0.25, -0.2) is 4.98 Å². The van der Waals surface area contributed by atoms with Crippen LogP contribution in [-0.4, -0.2) is 40.6 Å². The number of carbonyl (C=O) groups excluding carboxylic acids is 2. The van der Waals surface area contributed by atoms with Gasteiger partial charge >= 0.3 is 0 Å². The van der Waals surface area contributed by atoms with E-state index in [0.29, 0.717) is 36.5 Å². The first-order valence-electron chi connectivity index (χ1n) is 9.97. The van der Waals surface area contributed by atoms with Crippen LogP contribution in [0.5, 0.6) is 0 Å². The van der Waals surface area contributed by atoms with E-state index in [4.69, 9.17) is 4.74 Å². The van der Waals surface area contributed by atoms with Crippen molar-refractivity contribution < 1.29 is 14.3 Å². The standard InChI is InChI=1S/C21H23N5O3/c22-12-14-6-1-2-8-16(14)24-21(28)19-25-18(17-9-3-4-10-26(17)19)20(27)23-13-15-7-5-11-29-15/h1-2,6,8,15H,3-5,7,9-11,13H2,(H,23,27)(H,24,28). The van der Waals surface area contributed by atoms with Crippen LogP contribution in [0.1, 0.15) is 58.0 Å². The van der Waals surface area contributed by atoms with Crippen molar-refractivity contribution in [3.8, 4) is 6.07 Å². The van der Waals surface area contributed by atoms with Gasteiger partial charge in [0.25, 0.3) is 11.8 Å². The number of anilines is 1. The number of nitrogens with one attached hydrogen (secondary N) is 2. The fourth-order valence-corrected chi connectivity index (χ4v) is 3.86. The summed E-state index contributed by atoms with van der Waals surface area (Å²) in [4.78, 5) is 30.1. The molecule has 0 spiro atoms. The minimum absolute atomic E-state index is 0.0441. The lowest BCUT2D eigenvalue weighted by molar-refractivity contribution is 0.0853. The van der Waals surface area contributed by atoms with Crippen molar-refractivity contribution in [3.05, 3.63) is 47.0 Å². The molecular formula is C21H23N5O3. The van der Waals surface area contributed by atoms with Crippen molar-refractivity contribution in [2.24, 2.45) is 0 Å². The lowest BCUT2D eigenvalue weighted by Crippen LogP contribution is -2.32. The highest BCUT2D eigenvalue weighted by Gasteiger charge is 2.28. The molecule has 0 saturated carbocycles. The van der Waals surface area contributed by atoms with Crippen LogP contribution in [-0.2, 0) is 17.7 Å². The summed E-state index contributed by atoms with van der Waals surface area (Å²) in [5.74, 6) is -0.494. The van der Waals surface area contributed by atoms with Crippen molar-refractivity contribution in [2.75, 3.05) is 18.5 Å². The third kappa shape index (κ3) is 4.00. The SMILES string of the molecule is N#Cc1ccccc1NC(=O)c1nc(C(=O)NCC2CCCO2)c2n1CCCC2. The van der Waals surface area contributed by atoms with Crippen molar-refractivity contribution in [1.82, 2.24) is 14.9 Å². The van der Waals surface area contributed by atoms with E-state index in [9.17, 15) is 14.9 Å². The number of imidazole rings is 1. The fraction of sp³-hybridized carbons (Fsp3) is 0.429. The van der Waals surface area contributed by atoms with E-state index < -0.39 is 5.91 Å². The molecule has 2 amide bonds. The number of nitriles is 1. The number of rotatable bonds is 5. The van der Waals surface area contributed by atoms with Crippen LogP contribution in [0, 0.1) is 11.3 Å². The van der Waals surface area contributed by atoms with Crippen LogP contribution in [0.15, 0.2) is 24.3 Å². The van der Waals surface area contributed by atoms with Gasteiger partial charge in [-0.15, -0.1) is 0 Å². The molecule has 1 saturated heterocycles. The van der Waals surface area contributed by atoms with Gasteiger partial charge < -0.3 is 19.9 Å². The number of hydrogen-bond donors (Lipinski definition) is 2. The average molecular weight is 393 g/mol. The molecule has 8 heteroatoms. The zero-order valence-electron chi connectivity index (χ0n) is 16.1. The van der Waals surface area contributed by atoms with Gasteiger partial charge in [0.1, 0.15) is 11.8 Å². The molecule has 29 heavy (non-hydrogen) atoms. The summed E-state index contributed by atoms with van der Waals surface area (Å²) in [5, 5.41) is 14.9. The Morgan fingerprint density at radius 3 is 2.90 bits per heavy atom. The first-order chi connectivity index (χ1) is 14.2. The molecule has 4 rings (SSSR count). The van der Waals surface area contributed by atoms with Gasteiger partial charge in [-0.1, -0.05) is 12.1 Å². The maximum atomic E-state index is 12.9. The van der Waals surface area contributed by atoms with Crippen molar-refractivity contribution in [1.29, 1.82) is 5.26 Å². The van der Waals surface area contributed by atoms with Gasteiger partial charge in [0, 0.05) is 19.7 Å². The minimum atomic E-state index is -0.422. The monoisotopic (exact) mass is 393 g/mol. The molecule has 1 fully saturated rings. The topological polar surface area (TPSA) is 109 Å². The number of hydrogen-bond acceptors (Lipinski definition) is 5. The van der Waals surface area contributed by atoms with Gasteiger partial charge in [-0.05, 0) is 44.2 Å². The molecule has 1 aromatic carbocycles.